The van der Waals surface area contributed by atoms with Crippen molar-refractivity contribution in [2.45, 2.75) is 13.8 Å². The number of hydrogen-bond acceptors (Lipinski definition) is 5. The lowest BCUT2D eigenvalue weighted by molar-refractivity contribution is 0.0595. The molecule has 0 aliphatic carbocycles. The number of anilines is 2. The average Bonchev–Trinajstić information content (AvgIpc) is 2.83. The molecule has 0 radical (unpaired) electrons. The number of ether oxygens (including phenoxy) is 1. The van der Waals surface area contributed by atoms with Crippen molar-refractivity contribution in [3.05, 3.63) is 38.8 Å². The number of thiazole rings is 1. The van der Waals surface area contributed by atoms with Crippen LogP contribution in [0.1, 0.15) is 21.6 Å². The molecule has 0 amide bonds. The highest BCUT2D eigenvalue weighted by Crippen LogP contribution is 2.28. The van der Waals surface area contributed by atoms with Crippen molar-refractivity contribution in [1.82, 2.24) is 4.98 Å². The third kappa shape index (κ3) is 3.13. The Bertz CT molecular complexity index is 602. The van der Waals surface area contributed by atoms with Crippen molar-refractivity contribution in [2.24, 2.45) is 0 Å². The minimum absolute atomic E-state index is 0.320. The van der Waals surface area contributed by atoms with Crippen LogP contribution >= 0.6 is 27.3 Å². The molecular formula is C13H13BrN2O2S. The average molecular weight is 341 g/mol. The van der Waals surface area contributed by atoms with Gasteiger partial charge in [-0.05, 0) is 37.1 Å². The van der Waals surface area contributed by atoms with Gasteiger partial charge >= 0.3 is 5.97 Å². The second kappa shape index (κ2) is 5.71. The largest absolute Gasteiger partial charge is 0.464 e. The van der Waals surface area contributed by atoms with Crippen LogP contribution in [0.25, 0.3) is 0 Å². The van der Waals surface area contributed by atoms with Gasteiger partial charge < -0.3 is 10.1 Å². The fourth-order valence-electron chi connectivity index (χ4n) is 1.67. The number of nitrogens with one attached hydrogen (secondary N) is 1. The first-order valence-corrected chi connectivity index (χ1v) is 7.26. The third-order valence-electron chi connectivity index (χ3n) is 2.59. The van der Waals surface area contributed by atoms with E-state index in [-0.39, 0.29) is 0 Å². The van der Waals surface area contributed by atoms with Gasteiger partial charge in [0.05, 0.1) is 7.11 Å². The minimum Gasteiger partial charge on any atom is -0.464 e. The number of aryl methyl sites for hydroxylation is 2. The molecule has 0 saturated heterocycles. The summed E-state index contributed by atoms with van der Waals surface area (Å²) in [6.07, 6.45) is 0. The van der Waals surface area contributed by atoms with Gasteiger partial charge in [-0.3, -0.25) is 0 Å². The maximum absolute atomic E-state index is 11.3. The zero-order valence-electron chi connectivity index (χ0n) is 10.8. The van der Waals surface area contributed by atoms with Gasteiger partial charge in [0.1, 0.15) is 0 Å². The van der Waals surface area contributed by atoms with E-state index in [2.05, 4.69) is 31.0 Å². The Balaban J connectivity index is 2.22. The topological polar surface area (TPSA) is 51.2 Å². The SMILES string of the molecule is COC(=O)c1csc(Nc2cc(C)c(Br)c(C)c2)n1. The van der Waals surface area contributed by atoms with Crippen LogP contribution in [-0.4, -0.2) is 18.1 Å². The van der Waals surface area contributed by atoms with Gasteiger partial charge in [0.2, 0.25) is 0 Å². The standard InChI is InChI=1S/C13H13BrN2O2S/c1-7-4-9(5-8(2)11(7)14)15-13-16-10(6-19-13)12(17)18-3/h4-6H,1-3H3,(H,15,16). The highest BCUT2D eigenvalue weighted by Gasteiger charge is 2.11. The first-order valence-electron chi connectivity index (χ1n) is 5.59. The lowest BCUT2D eigenvalue weighted by Crippen LogP contribution is -2.01. The number of benzene rings is 1. The number of aromatic nitrogens is 1. The Hall–Kier alpha value is -1.40. The molecule has 0 spiro atoms. The van der Waals surface area contributed by atoms with E-state index in [0.29, 0.717) is 10.8 Å². The summed E-state index contributed by atoms with van der Waals surface area (Å²) in [6, 6.07) is 4.05. The highest BCUT2D eigenvalue weighted by atomic mass is 79.9. The molecule has 1 aromatic heterocycles. The summed E-state index contributed by atoms with van der Waals surface area (Å²) in [6.45, 7) is 4.06. The zero-order valence-corrected chi connectivity index (χ0v) is 13.2. The molecule has 1 N–H and O–H groups in total. The van der Waals surface area contributed by atoms with E-state index in [4.69, 9.17) is 0 Å². The van der Waals surface area contributed by atoms with Crippen LogP contribution in [0.4, 0.5) is 10.8 Å². The van der Waals surface area contributed by atoms with E-state index in [9.17, 15) is 4.79 Å². The maximum atomic E-state index is 11.3. The van der Waals surface area contributed by atoms with Crippen molar-refractivity contribution in [3.8, 4) is 0 Å². The lowest BCUT2D eigenvalue weighted by Gasteiger charge is -2.08. The molecule has 0 fully saturated rings. The molecule has 1 heterocycles. The molecule has 4 nitrogen and oxygen atoms in total. The monoisotopic (exact) mass is 340 g/mol. The number of methoxy groups -OCH3 is 1. The summed E-state index contributed by atoms with van der Waals surface area (Å²) in [5, 5.41) is 5.53. The van der Waals surface area contributed by atoms with Crippen LogP contribution in [0, 0.1) is 13.8 Å². The second-order valence-electron chi connectivity index (χ2n) is 4.08. The molecule has 19 heavy (non-hydrogen) atoms. The fraction of sp³-hybridized carbons (Fsp3) is 0.231. The number of rotatable bonds is 3. The van der Waals surface area contributed by atoms with Crippen LogP contribution in [0.15, 0.2) is 22.0 Å². The number of esters is 1. The van der Waals surface area contributed by atoms with Gasteiger partial charge in [0.25, 0.3) is 0 Å². The van der Waals surface area contributed by atoms with E-state index < -0.39 is 5.97 Å². The molecule has 0 aliphatic heterocycles. The molecule has 2 rings (SSSR count). The molecule has 100 valence electrons. The van der Waals surface area contributed by atoms with Gasteiger partial charge in [-0.2, -0.15) is 0 Å². The second-order valence-corrected chi connectivity index (χ2v) is 5.73. The Morgan fingerprint density at radius 2 is 2.00 bits per heavy atom. The van der Waals surface area contributed by atoms with E-state index in [1.54, 1.807) is 5.38 Å². The Labute approximate surface area is 124 Å². The molecule has 0 aliphatic rings. The predicted octanol–water partition coefficient (Wildman–Crippen LogP) is 4.05. The quantitative estimate of drug-likeness (QED) is 0.856. The summed E-state index contributed by atoms with van der Waals surface area (Å²) in [5.41, 5.74) is 3.56. The van der Waals surface area contributed by atoms with Crippen molar-refractivity contribution >= 4 is 44.1 Å². The molecular weight excluding hydrogens is 328 g/mol. The first-order chi connectivity index (χ1) is 9.01. The van der Waals surface area contributed by atoms with Crippen LogP contribution in [0.5, 0.6) is 0 Å². The Morgan fingerprint density at radius 1 is 1.37 bits per heavy atom. The van der Waals surface area contributed by atoms with Gasteiger partial charge in [-0.25, -0.2) is 9.78 Å². The summed E-state index contributed by atoms with van der Waals surface area (Å²) in [5.74, 6) is -0.424. The van der Waals surface area contributed by atoms with E-state index >= 15 is 0 Å². The number of nitrogens with zero attached hydrogens (tertiary/aromatic N) is 1. The summed E-state index contributed by atoms with van der Waals surface area (Å²) in [7, 11) is 1.34. The molecule has 6 heteroatoms. The number of halogens is 1. The van der Waals surface area contributed by atoms with E-state index in [0.717, 1.165) is 21.3 Å². The molecule has 1 aromatic carbocycles. The van der Waals surface area contributed by atoms with Crippen LogP contribution in [0.2, 0.25) is 0 Å². The number of hydrogen-bond donors (Lipinski definition) is 1. The molecule has 0 atom stereocenters. The summed E-state index contributed by atoms with van der Waals surface area (Å²) < 4.78 is 5.73. The minimum atomic E-state index is -0.424. The summed E-state index contributed by atoms with van der Waals surface area (Å²) >= 11 is 4.90. The van der Waals surface area contributed by atoms with Crippen molar-refractivity contribution in [1.29, 1.82) is 0 Å². The fourth-order valence-corrected chi connectivity index (χ4v) is 2.60. The molecule has 0 saturated carbocycles. The lowest BCUT2D eigenvalue weighted by atomic mass is 10.1. The Kier molecular flexibility index (Phi) is 4.21. The van der Waals surface area contributed by atoms with Gasteiger partial charge in [0, 0.05) is 15.5 Å². The van der Waals surface area contributed by atoms with Crippen LogP contribution in [0.3, 0.4) is 0 Å². The maximum Gasteiger partial charge on any atom is 0.357 e. The van der Waals surface area contributed by atoms with Crippen molar-refractivity contribution in [2.75, 3.05) is 12.4 Å². The Morgan fingerprint density at radius 3 is 2.58 bits per heavy atom. The highest BCUT2D eigenvalue weighted by molar-refractivity contribution is 9.10. The normalized spacial score (nSPS) is 10.3. The van der Waals surface area contributed by atoms with Crippen LogP contribution < -0.4 is 5.32 Å². The first kappa shape index (κ1) is 14.0. The van der Waals surface area contributed by atoms with E-state index in [1.165, 1.54) is 18.4 Å². The third-order valence-corrected chi connectivity index (χ3v) is 4.59. The zero-order chi connectivity index (χ0) is 14.0. The van der Waals surface area contributed by atoms with Crippen LogP contribution in [-0.2, 0) is 4.74 Å². The smallest absolute Gasteiger partial charge is 0.357 e. The van der Waals surface area contributed by atoms with Crippen molar-refractivity contribution in [3.63, 3.8) is 0 Å². The van der Waals surface area contributed by atoms with Gasteiger partial charge in [-0.1, -0.05) is 15.9 Å². The molecule has 0 unspecified atom stereocenters. The van der Waals surface area contributed by atoms with E-state index in [1.807, 2.05) is 26.0 Å². The van der Waals surface area contributed by atoms with Gasteiger partial charge in [0.15, 0.2) is 10.8 Å². The van der Waals surface area contributed by atoms with Gasteiger partial charge in [-0.15, -0.1) is 11.3 Å². The summed E-state index contributed by atoms with van der Waals surface area (Å²) in [4.78, 5) is 15.5. The predicted molar refractivity (Wildman–Crippen MR) is 80.4 cm³/mol. The number of carbonyl (C=O) groups excluding carboxylic acids is 1. The molecule has 0 bridgehead atoms. The van der Waals surface area contributed by atoms with Crippen molar-refractivity contribution < 1.29 is 9.53 Å². The number of carbonyl (C=O) groups is 1. The molecule has 2 aromatic rings.